The molecule has 1 saturated carbocycles. The van der Waals surface area contributed by atoms with Crippen molar-refractivity contribution >= 4 is 27.3 Å². The molecule has 1 fully saturated rings. The Labute approximate surface area is 205 Å². The Morgan fingerprint density at radius 1 is 0.971 bits per heavy atom. The Balaban J connectivity index is 1.66. The molecule has 3 aromatic rings. The van der Waals surface area contributed by atoms with E-state index in [1.165, 1.54) is 23.1 Å². The monoisotopic (exact) mass is 488 g/mol. The molecule has 0 atom stereocenters. The molecule has 0 aromatic heterocycles. The van der Waals surface area contributed by atoms with Crippen molar-refractivity contribution in [1.29, 1.82) is 0 Å². The van der Waals surface area contributed by atoms with Crippen molar-refractivity contribution in [3.8, 4) is 0 Å². The summed E-state index contributed by atoms with van der Waals surface area (Å²) in [4.78, 5) is 28.3. The SMILES string of the molecule is Cc1ccc(C)c(CN2C(=O)c3ccccc3S(=O)(=O)c3ccc(C(=O)NC4CCCC4)cc32)c1. The molecule has 35 heavy (non-hydrogen) atoms. The van der Waals surface area contributed by atoms with Gasteiger partial charge in [-0.25, -0.2) is 8.42 Å². The molecule has 2 amide bonds. The molecule has 0 spiro atoms. The normalized spacial score (nSPS) is 17.0. The van der Waals surface area contributed by atoms with Crippen molar-refractivity contribution in [2.24, 2.45) is 0 Å². The van der Waals surface area contributed by atoms with E-state index in [0.29, 0.717) is 5.56 Å². The second kappa shape index (κ2) is 8.96. The number of hydrogen-bond acceptors (Lipinski definition) is 4. The van der Waals surface area contributed by atoms with Crippen LogP contribution in [-0.4, -0.2) is 26.3 Å². The van der Waals surface area contributed by atoms with Crippen molar-refractivity contribution < 1.29 is 18.0 Å². The molecule has 3 aromatic carbocycles. The third-order valence-electron chi connectivity index (χ3n) is 6.98. The molecule has 1 aliphatic heterocycles. The number of nitrogens with zero attached hydrogens (tertiary/aromatic N) is 1. The van der Waals surface area contributed by atoms with Gasteiger partial charge in [0, 0.05) is 11.6 Å². The zero-order valence-electron chi connectivity index (χ0n) is 19.9. The van der Waals surface area contributed by atoms with Crippen molar-refractivity contribution in [2.45, 2.75) is 61.9 Å². The summed E-state index contributed by atoms with van der Waals surface area (Å²) >= 11 is 0. The van der Waals surface area contributed by atoms with E-state index >= 15 is 0 Å². The van der Waals surface area contributed by atoms with Crippen molar-refractivity contribution in [1.82, 2.24) is 5.32 Å². The van der Waals surface area contributed by atoms with Crippen LogP contribution in [0.5, 0.6) is 0 Å². The first-order valence-corrected chi connectivity index (χ1v) is 13.4. The van der Waals surface area contributed by atoms with Crippen LogP contribution in [0.2, 0.25) is 0 Å². The maximum absolute atomic E-state index is 13.8. The summed E-state index contributed by atoms with van der Waals surface area (Å²) in [7, 11) is -3.97. The molecule has 0 radical (unpaired) electrons. The van der Waals surface area contributed by atoms with E-state index in [9.17, 15) is 18.0 Å². The van der Waals surface area contributed by atoms with E-state index < -0.39 is 15.7 Å². The van der Waals surface area contributed by atoms with Crippen LogP contribution in [-0.2, 0) is 16.4 Å². The minimum absolute atomic E-state index is 0.0159. The highest BCUT2D eigenvalue weighted by Gasteiger charge is 2.36. The highest BCUT2D eigenvalue weighted by atomic mass is 32.2. The Bertz CT molecular complexity index is 1440. The molecule has 1 heterocycles. The maximum atomic E-state index is 13.8. The molecule has 0 unspecified atom stereocenters. The summed E-state index contributed by atoms with van der Waals surface area (Å²) in [6, 6.07) is 17.0. The van der Waals surface area contributed by atoms with Gasteiger partial charge in [0.15, 0.2) is 0 Å². The van der Waals surface area contributed by atoms with E-state index in [0.717, 1.165) is 42.4 Å². The smallest absolute Gasteiger partial charge is 0.259 e. The lowest BCUT2D eigenvalue weighted by Crippen LogP contribution is -2.33. The van der Waals surface area contributed by atoms with Crippen LogP contribution >= 0.6 is 0 Å². The number of sulfone groups is 1. The molecular weight excluding hydrogens is 460 g/mol. The van der Waals surface area contributed by atoms with Gasteiger partial charge in [-0.1, -0.05) is 48.7 Å². The molecule has 1 N–H and O–H groups in total. The number of hydrogen-bond donors (Lipinski definition) is 1. The zero-order chi connectivity index (χ0) is 24.7. The molecule has 1 aliphatic carbocycles. The van der Waals surface area contributed by atoms with Gasteiger partial charge < -0.3 is 10.2 Å². The number of amides is 2. The van der Waals surface area contributed by atoms with Crippen molar-refractivity contribution in [3.05, 3.63) is 88.5 Å². The van der Waals surface area contributed by atoms with E-state index in [4.69, 9.17) is 0 Å². The summed E-state index contributed by atoms with van der Waals surface area (Å²) in [5, 5.41) is 3.06. The minimum atomic E-state index is -3.97. The van der Waals surface area contributed by atoms with Gasteiger partial charge in [-0.15, -0.1) is 0 Å². The highest BCUT2D eigenvalue weighted by molar-refractivity contribution is 7.91. The lowest BCUT2D eigenvalue weighted by molar-refractivity contribution is 0.0935. The van der Waals surface area contributed by atoms with E-state index in [2.05, 4.69) is 5.32 Å². The van der Waals surface area contributed by atoms with E-state index in [1.807, 2.05) is 32.0 Å². The molecule has 0 bridgehead atoms. The van der Waals surface area contributed by atoms with Gasteiger partial charge in [0.25, 0.3) is 11.8 Å². The third kappa shape index (κ3) is 4.25. The highest BCUT2D eigenvalue weighted by Crippen LogP contribution is 2.38. The first kappa shape index (κ1) is 23.3. The standard InChI is InChI=1S/C28H28N2O4S/c1-18-11-12-19(2)21(15-18)17-30-24-16-20(27(31)29-22-7-3-4-8-22)13-14-26(24)35(33,34)25-10-6-5-9-23(25)28(30)32/h5-6,9-16,22H,3-4,7-8,17H2,1-2H3,(H,29,31). The van der Waals surface area contributed by atoms with Gasteiger partial charge in [-0.2, -0.15) is 0 Å². The average Bonchev–Trinajstić information content (AvgIpc) is 3.34. The van der Waals surface area contributed by atoms with Crippen LogP contribution in [0.4, 0.5) is 5.69 Å². The first-order valence-electron chi connectivity index (χ1n) is 11.9. The van der Waals surface area contributed by atoms with Gasteiger partial charge in [0.2, 0.25) is 9.84 Å². The van der Waals surface area contributed by atoms with Crippen LogP contribution < -0.4 is 10.2 Å². The third-order valence-corrected chi connectivity index (χ3v) is 8.84. The van der Waals surface area contributed by atoms with Crippen LogP contribution in [0.15, 0.2) is 70.5 Å². The fraction of sp³-hybridized carbons (Fsp3) is 0.286. The number of benzene rings is 3. The van der Waals surface area contributed by atoms with Crippen LogP contribution in [0.3, 0.4) is 0 Å². The van der Waals surface area contributed by atoms with Crippen LogP contribution in [0, 0.1) is 13.8 Å². The Morgan fingerprint density at radius 3 is 2.49 bits per heavy atom. The number of nitrogens with one attached hydrogen (secondary N) is 1. The Hall–Kier alpha value is -3.45. The van der Waals surface area contributed by atoms with Gasteiger partial charge >= 0.3 is 0 Å². The van der Waals surface area contributed by atoms with Crippen molar-refractivity contribution in [3.63, 3.8) is 0 Å². The number of fused-ring (bicyclic) bond motifs is 2. The number of aryl methyl sites for hydroxylation is 2. The number of carbonyl (C=O) groups is 2. The minimum Gasteiger partial charge on any atom is -0.349 e. The van der Waals surface area contributed by atoms with E-state index in [1.54, 1.807) is 24.3 Å². The Kier molecular flexibility index (Phi) is 5.97. The average molecular weight is 489 g/mol. The van der Waals surface area contributed by atoms with Gasteiger partial charge in [-0.3, -0.25) is 9.59 Å². The topological polar surface area (TPSA) is 83.6 Å². The fourth-order valence-electron chi connectivity index (χ4n) is 4.98. The van der Waals surface area contributed by atoms with Gasteiger partial charge in [0.1, 0.15) is 0 Å². The second-order valence-electron chi connectivity index (χ2n) is 9.46. The summed E-state index contributed by atoms with van der Waals surface area (Å²) in [5.74, 6) is -0.657. The molecule has 0 saturated heterocycles. The maximum Gasteiger partial charge on any atom is 0.259 e. The number of carbonyl (C=O) groups excluding carboxylic acids is 2. The molecule has 6 nitrogen and oxygen atoms in total. The largest absolute Gasteiger partial charge is 0.349 e. The van der Waals surface area contributed by atoms with Crippen LogP contribution in [0.1, 0.15) is 63.1 Å². The predicted octanol–water partition coefficient (Wildman–Crippen LogP) is 4.97. The molecule has 180 valence electrons. The molecular formula is C28H28N2O4S. The Morgan fingerprint density at radius 2 is 1.71 bits per heavy atom. The van der Waals surface area contributed by atoms with Crippen molar-refractivity contribution in [2.75, 3.05) is 4.90 Å². The summed E-state index contributed by atoms with van der Waals surface area (Å²) in [6.45, 7) is 4.14. The number of anilines is 1. The predicted molar refractivity (Wildman–Crippen MR) is 134 cm³/mol. The quantitative estimate of drug-likeness (QED) is 0.562. The molecule has 2 aliphatic rings. The molecule has 5 rings (SSSR count). The lowest BCUT2D eigenvalue weighted by Gasteiger charge is -2.25. The fourth-order valence-corrected chi connectivity index (χ4v) is 6.62. The number of rotatable bonds is 4. The van der Waals surface area contributed by atoms with E-state index in [-0.39, 0.29) is 39.5 Å². The first-order chi connectivity index (χ1) is 16.8. The van der Waals surface area contributed by atoms with Crippen LogP contribution in [0.25, 0.3) is 0 Å². The van der Waals surface area contributed by atoms with Gasteiger partial charge in [0.05, 0.1) is 27.6 Å². The van der Waals surface area contributed by atoms with Gasteiger partial charge in [-0.05, 0) is 68.1 Å². The summed E-state index contributed by atoms with van der Waals surface area (Å²) in [6.07, 6.45) is 4.06. The lowest BCUT2D eigenvalue weighted by atomic mass is 10.0. The zero-order valence-corrected chi connectivity index (χ0v) is 20.7. The summed E-state index contributed by atoms with van der Waals surface area (Å²) in [5.41, 5.74) is 3.67. The second-order valence-corrected chi connectivity index (χ2v) is 11.3. The molecule has 7 heteroatoms. The summed E-state index contributed by atoms with van der Waals surface area (Å²) < 4.78 is 27.3.